The van der Waals surface area contributed by atoms with Crippen LogP contribution in [0, 0.1) is 0 Å². The van der Waals surface area contributed by atoms with Crippen LogP contribution >= 0.6 is 0 Å². The van der Waals surface area contributed by atoms with Crippen LogP contribution in [0.1, 0.15) is 17.3 Å². The second kappa shape index (κ2) is 3.97. The standard InChI is InChI=1S/C13H12O4/c1-7(14)9-6-10(15)8-4-3-5-11(17-2)12(8)13(9)16/h3-6,15-16H,1-2H3. The van der Waals surface area contributed by atoms with E-state index < -0.39 is 0 Å². The van der Waals surface area contributed by atoms with Gasteiger partial charge in [-0.15, -0.1) is 0 Å². The van der Waals surface area contributed by atoms with Gasteiger partial charge in [0, 0.05) is 5.39 Å². The maximum Gasteiger partial charge on any atom is 0.163 e. The van der Waals surface area contributed by atoms with E-state index in [2.05, 4.69) is 0 Å². The molecule has 0 amide bonds. The van der Waals surface area contributed by atoms with Crippen molar-refractivity contribution in [2.45, 2.75) is 6.92 Å². The highest BCUT2D eigenvalue weighted by atomic mass is 16.5. The number of fused-ring (bicyclic) bond motifs is 1. The van der Waals surface area contributed by atoms with E-state index in [1.807, 2.05) is 0 Å². The van der Waals surface area contributed by atoms with Gasteiger partial charge in [-0.1, -0.05) is 12.1 Å². The molecule has 0 aliphatic carbocycles. The van der Waals surface area contributed by atoms with Crippen LogP contribution in [0.15, 0.2) is 24.3 Å². The molecule has 0 spiro atoms. The van der Waals surface area contributed by atoms with E-state index >= 15 is 0 Å². The van der Waals surface area contributed by atoms with Crippen molar-refractivity contribution in [1.82, 2.24) is 0 Å². The largest absolute Gasteiger partial charge is 0.507 e. The number of methoxy groups -OCH3 is 1. The molecule has 2 aromatic carbocycles. The Hall–Kier alpha value is -2.23. The summed E-state index contributed by atoms with van der Waals surface area (Å²) in [5, 5.41) is 20.7. The quantitative estimate of drug-likeness (QED) is 0.616. The third-order valence-electron chi connectivity index (χ3n) is 2.67. The van der Waals surface area contributed by atoms with Crippen molar-refractivity contribution >= 4 is 16.6 Å². The topological polar surface area (TPSA) is 66.8 Å². The second-order valence-corrected chi connectivity index (χ2v) is 3.73. The van der Waals surface area contributed by atoms with E-state index in [9.17, 15) is 15.0 Å². The maximum absolute atomic E-state index is 11.3. The van der Waals surface area contributed by atoms with Crippen LogP contribution in [0.2, 0.25) is 0 Å². The summed E-state index contributed by atoms with van der Waals surface area (Å²) in [5.41, 5.74) is 0.0829. The smallest absolute Gasteiger partial charge is 0.163 e. The van der Waals surface area contributed by atoms with Crippen LogP contribution < -0.4 is 4.74 Å². The maximum atomic E-state index is 11.3. The van der Waals surface area contributed by atoms with Gasteiger partial charge in [0.15, 0.2) is 5.78 Å². The number of hydrogen-bond acceptors (Lipinski definition) is 4. The molecule has 0 bridgehead atoms. The third kappa shape index (κ3) is 1.67. The summed E-state index contributed by atoms with van der Waals surface area (Å²) in [6.45, 7) is 1.33. The molecule has 0 saturated carbocycles. The molecule has 0 heterocycles. The molecular formula is C13H12O4. The van der Waals surface area contributed by atoms with Crippen molar-refractivity contribution in [2.75, 3.05) is 7.11 Å². The number of Topliss-reactive ketones (excluding diaryl/α,β-unsaturated/α-hetero) is 1. The average Bonchev–Trinajstić information content (AvgIpc) is 2.32. The fourth-order valence-corrected chi connectivity index (χ4v) is 1.84. The van der Waals surface area contributed by atoms with Crippen molar-refractivity contribution < 1.29 is 19.7 Å². The number of phenolic OH excluding ortho intramolecular Hbond substituents is 2. The first-order valence-electron chi connectivity index (χ1n) is 5.09. The predicted molar refractivity (Wildman–Crippen MR) is 63.8 cm³/mol. The lowest BCUT2D eigenvalue weighted by molar-refractivity contribution is 0.101. The lowest BCUT2D eigenvalue weighted by Crippen LogP contribution is -1.95. The Kier molecular flexibility index (Phi) is 2.63. The minimum absolute atomic E-state index is 0.0538. The first-order valence-corrected chi connectivity index (χ1v) is 5.09. The first kappa shape index (κ1) is 11.3. The van der Waals surface area contributed by atoms with Crippen LogP contribution in [-0.2, 0) is 0 Å². The minimum Gasteiger partial charge on any atom is -0.507 e. The second-order valence-electron chi connectivity index (χ2n) is 3.73. The minimum atomic E-state index is -0.314. The van der Waals surface area contributed by atoms with Crippen LogP contribution in [-0.4, -0.2) is 23.1 Å². The van der Waals surface area contributed by atoms with Crippen molar-refractivity contribution in [2.24, 2.45) is 0 Å². The van der Waals surface area contributed by atoms with E-state index in [-0.39, 0.29) is 22.8 Å². The number of aromatic hydroxyl groups is 2. The first-order chi connectivity index (χ1) is 8.06. The number of rotatable bonds is 2. The fraction of sp³-hybridized carbons (Fsp3) is 0.154. The van der Waals surface area contributed by atoms with E-state index in [1.165, 1.54) is 20.1 Å². The van der Waals surface area contributed by atoms with Gasteiger partial charge in [0.2, 0.25) is 0 Å². The molecule has 0 saturated heterocycles. The van der Waals surface area contributed by atoms with Gasteiger partial charge in [-0.05, 0) is 19.1 Å². The molecule has 2 rings (SSSR count). The summed E-state index contributed by atoms with van der Waals surface area (Å²) in [7, 11) is 1.46. The zero-order chi connectivity index (χ0) is 12.6. The SMILES string of the molecule is COc1cccc2c(O)cc(C(C)=O)c(O)c12. The lowest BCUT2D eigenvalue weighted by atomic mass is 10.0. The van der Waals surface area contributed by atoms with Crippen molar-refractivity contribution in [3.63, 3.8) is 0 Å². The molecular weight excluding hydrogens is 220 g/mol. The number of hydrogen-bond donors (Lipinski definition) is 2. The van der Waals surface area contributed by atoms with Gasteiger partial charge in [-0.25, -0.2) is 0 Å². The van der Waals surface area contributed by atoms with E-state index in [1.54, 1.807) is 18.2 Å². The van der Waals surface area contributed by atoms with Gasteiger partial charge in [0.1, 0.15) is 17.2 Å². The fourth-order valence-electron chi connectivity index (χ4n) is 1.84. The Labute approximate surface area is 98.1 Å². The zero-order valence-electron chi connectivity index (χ0n) is 9.52. The third-order valence-corrected chi connectivity index (χ3v) is 2.67. The predicted octanol–water partition coefficient (Wildman–Crippen LogP) is 2.46. The zero-order valence-corrected chi connectivity index (χ0v) is 9.52. The normalized spacial score (nSPS) is 10.5. The lowest BCUT2D eigenvalue weighted by Gasteiger charge is -2.11. The number of carbonyl (C=O) groups is 1. The van der Waals surface area contributed by atoms with Gasteiger partial charge in [0.05, 0.1) is 18.1 Å². The summed E-state index contributed by atoms with van der Waals surface area (Å²) >= 11 is 0. The van der Waals surface area contributed by atoms with Gasteiger partial charge in [-0.3, -0.25) is 4.79 Å². The Morgan fingerprint density at radius 1 is 1.29 bits per heavy atom. The highest BCUT2D eigenvalue weighted by molar-refractivity contribution is 6.07. The molecule has 2 aromatic rings. The molecule has 2 N–H and O–H groups in total. The summed E-state index contributed by atoms with van der Waals surface area (Å²) in [5.74, 6) is -0.117. The molecule has 4 heteroatoms. The Bertz CT molecular complexity index is 602. The van der Waals surface area contributed by atoms with E-state index in [0.29, 0.717) is 16.5 Å². The van der Waals surface area contributed by atoms with Crippen LogP contribution in [0.4, 0.5) is 0 Å². The number of carbonyl (C=O) groups excluding carboxylic acids is 1. The molecule has 0 unspecified atom stereocenters. The summed E-state index contributed by atoms with van der Waals surface area (Å²) in [4.78, 5) is 11.3. The van der Waals surface area contributed by atoms with Crippen molar-refractivity contribution in [1.29, 1.82) is 0 Å². The summed E-state index contributed by atoms with van der Waals surface area (Å²) in [6.07, 6.45) is 0. The van der Waals surface area contributed by atoms with Gasteiger partial charge in [-0.2, -0.15) is 0 Å². The molecule has 0 aliphatic rings. The molecule has 0 fully saturated rings. The van der Waals surface area contributed by atoms with E-state index in [0.717, 1.165) is 0 Å². The van der Waals surface area contributed by atoms with Crippen molar-refractivity contribution in [3.05, 3.63) is 29.8 Å². The van der Waals surface area contributed by atoms with Gasteiger partial charge < -0.3 is 14.9 Å². The highest BCUT2D eigenvalue weighted by Gasteiger charge is 2.16. The van der Waals surface area contributed by atoms with Crippen LogP contribution in [0.3, 0.4) is 0 Å². The molecule has 0 aromatic heterocycles. The van der Waals surface area contributed by atoms with Gasteiger partial charge >= 0.3 is 0 Å². The Balaban J connectivity index is 2.95. The van der Waals surface area contributed by atoms with Gasteiger partial charge in [0.25, 0.3) is 0 Å². The highest BCUT2D eigenvalue weighted by Crippen LogP contribution is 2.40. The number of ether oxygens (including phenoxy) is 1. The molecule has 0 radical (unpaired) electrons. The summed E-state index contributed by atoms with van der Waals surface area (Å²) in [6, 6.07) is 6.27. The Morgan fingerprint density at radius 3 is 2.59 bits per heavy atom. The molecule has 4 nitrogen and oxygen atoms in total. The molecule has 0 atom stereocenters. The van der Waals surface area contributed by atoms with Crippen LogP contribution in [0.5, 0.6) is 17.2 Å². The van der Waals surface area contributed by atoms with E-state index in [4.69, 9.17) is 4.74 Å². The average molecular weight is 232 g/mol. The Morgan fingerprint density at radius 2 is 2.00 bits per heavy atom. The molecule has 0 aliphatic heterocycles. The van der Waals surface area contributed by atoms with Crippen molar-refractivity contribution in [3.8, 4) is 17.2 Å². The van der Waals surface area contributed by atoms with Crippen LogP contribution in [0.25, 0.3) is 10.8 Å². The summed E-state index contributed by atoms with van der Waals surface area (Å²) < 4.78 is 5.12. The number of phenols is 2. The number of ketones is 1. The molecule has 88 valence electrons. The molecule has 17 heavy (non-hydrogen) atoms. The number of benzene rings is 2. The monoisotopic (exact) mass is 232 g/mol.